The van der Waals surface area contributed by atoms with Crippen LogP contribution in [0.5, 0.6) is 0 Å². The maximum Gasteiger partial charge on any atom is 0.255 e. The number of hydrogen-bond donors (Lipinski definition) is 1. The summed E-state index contributed by atoms with van der Waals surface area (Å²) in [7, 11) is 0. The van der Waals surface area contributed by atoms with Crippen LogP contribution in [0.3, 0.4) is 0 Å². The monoisotopic (exact) mass is 448 g/mol. The smallest absolute Gasteiger partial charge is 0.255 e. The van der Waals surface area contributed by atoms with E-state index in [1.165, 1.54) is 12.8 Å². The highest BCUT2D eigenvalue weighted by Crippen LogP contribution is 2.31. The molecule has 1 aromatic carbocycles. The van der Waals surface area contributed by atoms with E-state index < -0.39 is 0 Å². The Morgan fingerprint density at radius 2 is 1.74 bits per heavy atom. The minimum Gasteiger partial charge on any atom is -0.353 e. The van der Waals surface area contributed by atoms with Gasteiger partial charge in [0.25, 0.3) is 5.91 Å². The van der Waals surface area contributed by atoms with E-state index in [9.17, 15) is 9.59 Å². The van der Waals surface area contributed by atoms with E-state index in [0.29, 0.717) is 36.1 Å². The van der Waals surface area contributed by atoms with E-state index >= 15 is 0 Å². The second-order valence-electron chi connectivity index (χ2n) is 8.62. The third-order valence-electron chi connectivity index (χ3n) is 6.84. The number of nitrogens with zero attached hydrogens (tertiary/aromatic N) is 3. The fourth-order valence-corrected chi connectivity index (χ4v) is 5.16. The minimum atomic E-state index is -0.0863. The first kappa shape index (κ1) is 24.0. The number of halogens is 1. The van der Waals surface area contributed by atoms with Crippen LogP contribution in [0.4, 0.5) is 0 Å². The Morgan fingerprint density at radius 3 is 2.35 bits per heavy atom. The van der Waals surface area contributed by atoms with Gasteiger partial charge in [0.15, 0.2) is 0 Å². The lowest BCUT2D eigenvalue weighted by Crippen LogP contribution is -2.58. The van der Waals surface area contributed by atoms with Gasteiger partial charge in [-0.3, -0.25) is 14.5 Å². The number of carbonyl (C=O) groups excluding carboxylic acids is 2. The summed E-state index contributed by atoms with van der Waals surface area (Å²) in [6.45, 7) is 10.6. The molecule has 1 unspecified atom stereocenters. The molecule has 2 aliphatic rings. The van der Waals surface area contributed by atoms with Gasteiger partial charge in [-0.15, -0.1) is 0 Å². The Kier molecular flexibility index (Phi) is 9.17. The van der Waals surface area contributed by atoms with Crippen LogP contribution >= 0.6 is 11.6 Å². The van der Waals surface area contributed by atoms with Gasteiger partial charge in [0.1, 0.15) is 0 Å². The average Bonchev–Trinajstić information content (AvgIpc) is 3.31. The Bertz CT molecular complexity index is 726. The van der Waals surface area contributed by atoms with Crippen molar-refractivity contribution >= 4 is 23.4 Å². The number of nitrogens with one attached hydrogen (secondary N) is 1. The molecule has 1 saturated heterocycles. The highest BCUT2D eigenvalue weighted by atomic mass is 35.5. The second-order valence-corrected chi connectivity index (χ2v) is 9.02. The summed E-state index contributed by atoms with van der Waals surface area (Å²) in [4.78, 5) is 32.6. The molecule has 0 bridgehead atoms. The van der Waals surface area contributed by atoms with Crippen molar-refractivity contribution in [3.8, 4) is 0 Å². The van der Waals surface area contributed by atoms with Gasteiger partial charge >= 0.3 is 0 Å². The molecule has 1 heterocycles. The van der Waals surface area contributed by atoms with Gasteiger partial charge in [0.05, 0.1) is 16.6 Å². The van der Waals surface area contributed by atoms with Crippen molar-refractivity contribution in [1.82, 2.24) is 20.0 Å². The van der Waals surface area contributed by atoms with Crippen LogP contribution in [-0.2, 0) is 4.79 Å². The lowest BCUT2D eigenvalue weighted by atomic mass is 9.95. The number of likely N-dealkylation sites (N-methyl/N-ethyl adjacent to an activating group) is 1. The van der Waals surface area contributed by atoms with Gasteiger partial charge in [-0.1, -0.05) is 50.4 Å². The molecule has 1 aliphatic heterocycles. The summed E-state index contributed by atoms with van der Waals surface area (Å²) in [5, 5.41) is 3.70. The molecule has 7 heteroatoms. The summed E-state index contributed by atoms with van der Waals surface area (Å²) in [6.07, 6.45) is 4.65. The third kappa shape index (κ3) is 6.21. The van der Waals surface area contributed by atoms with Crippen molar-refractivity contribution in [3.05, 3.63) is 34.9 Å². The van der Waals surface area contributed by atoms with Crippen molar-refractivity contribution in [1.29, 1.82) is 0 Å². The summed E-state index contributed by atoms with van der Waals surface area (Å²) in [5.41, 5.74) is 0.555. The molecule has 1 saturated carbocycles. The van der Waals surface area contributed by atoms with E-state index in [1.807, 2.05) is 17.0 Å². The van der Waals surface area contributed by atoms with E-state index in [2.05, 4.69) is 29.0 Å². The zero-order valence-electron chi connectivity index (χ0n) is 19.0. The average molecular weight is 449 g/mol. The summed E-state index contributed by atoms with van der Waals surface area (Å²) < 4.78 is 0. The molecule has 2 fully saturated rings. The summed E-state index contributed by atoms with van der Waals surface area (Å²) >= 11 is 6.22. The summed E-state index contributed by atoms with van der Waals surface area (Å²) in [6, 6.07) is 7.12. The van der Waals surface area contributed by atoms with Crippen LogP contribution in [0.15, 0.2) is 24.3 Å². The van der Waals surface area contributed by atoms with Crippen molar-refractivity contribution < 1.29 is 9.59 Å². The SMILES string of the molecule is CCN(CC)CCNC(=O)C(C1CCCC1)N1CCN(C(=O)c2ccccc2Cl)CC1. The zero-order valence-corrected chi connectivity index (χ0v) is 19.7. The van der Waals surface area contributed by atoms with E-state index in [4.69, 9.17) is 11.6 Å². The largest absolute Gasteiger partial charge is 0.353 e. The maximum atomic E-state index is 13.2. The third-order valence-corrected chi connectivity index (χ3v) is 7.17. The van der Waals surface area contributed by atoms with Gasteiger partial charge < -0.3 is 15.1 Å². The van der Waals surface area contributed by atoms with Crippen molar-refractivity contribution in [2.45, 2.75) is 45.6 Å². The quantitative estimate of drug-likeness (QED) is 0.630. The predicted molar refractivity (Wildman–Crippen MR) is 125 cm³/mol. The lowest BCUT2D eigenvalue weighted by molar-refractivity contribution is -0.129. The number of carbonyl (C=O) groups is 2. The molecule has 1 N–H and O–H groups in total. The van der Waals surface area contributed by atoms with Gasteiger partial charge in [-0.2, -0.15) is 0 Å². The first-order valence-corrected chi connectivity index (χ1v) is 12.2. The van der Waals surface area contributed by atoms with Crippen LogP contribution in [-0.4, -0.2) is 84.9 Å². The molecule has 1 aliphatic carbocycles. The Labute approximate surface area is 191 Å². The van der Waals surface area contributed by atoms with Crippen LogP contribution in [0, 0.1) is 5.92 Å². The predicted octanol–water partition coefficient (Wildman–Crippen LogP) is 3.11. The first-order chi connectivity index (χ1) is 15.0. The highest BCUT2D eigenvalue weighted by Gasteiger charge is 2.37. The molecule has 0 spiro atoms. The first-order valence-electron chi connectivity index (χ1n) is 11.8. The van der Waals surface area contributed by atoms with Crippen LogP contribution in [0.2, 0.25) is 5.02 Å². The molecule has 2 amide bonds. The molecular formula is C24H37ClN4O2. The molecule has 6 nitrogen and oxygen atoms in total. The topological polar surface area (TPSA) is 55.9 Å². The molecule has 1 aromatic rings. The molecule has 3 rings (SSSR count). The van der Waals surface area contributed by atoms with E-state index in [1.54, 1.807) is 12.1 Å². The molecule has 31 heavy (non-hydrogen) atoms. The zero-order chi connectivity index (χ0) is 22.2. The van der Waals surface area contributed by atoms with Gasteiger partial charge in [0.2, 0.25) is 5.91 Å². The van der Waals surface area contributed by atoms with Gasteiger partial charge in [-0.05, 0) is 44.0 Å². The van der Waals surface area contributed by atoms with Crippen molar-refractivity contribution in [2.24, 2.45) is 5.92 Å². The maximum absolute atomic E-state index is 13.2. The van der Waals surface area contributed by atoms with Crippen molar-refractivity contribution in [2.75, 3.05) is 52.4 Å². The standard InChI is InChI=1S/C24H37ClN4O2/c1-3-27(4-2)14-13-26-23(30)22(19-9-5-6-10-19)28-15-17-29(18-16-28)24(31)20-11-7-8-12-21(20)25/h7-8,11-12,19,22H,3-6,9-10,13-18H2,1-2H3,(H,26,30). The molecule has 0 radical (unpaired) electrons. The minimum absolute atomic E-state index is 0.0219. The lowest BCUT2D eigenvalue weighted by Gasteiger charge is -2.41. The number of rotatable bonds is 9. The molecular weight excluding hydrogens is 412 g/mol. The van der Waals surface area contributed by atoms with Crippen LogP contribution in [0.1, 0.15) is 49.9 Å². The molecule has 1 atom stereocenters. The van der Waals surface area contributed by atoms with Crippen LogP contribution in [0.25, 0.3) is 0 Å². The van der Waals surface area contributed by atoms with Gasteiger partial charge in [0, 0.05) is 39.3 Å². The molecule has 0 aromatic heterocycles. The number of amides is 2. The Balaban J connectivity index is 1.59. The fourth-order valence-electron chi connectivity index (χ4n) is 4.94. The van der Waals surface area contributed by atoms with E-state index in [-0.39, 0.29) is 17.9 Å². The Morgan fingerprint density at radius 1 is 1.10 bits per heavy atom. The fraction of sp³-hybridized carbons (Fsp3) is 0.667. The van der Waals surface area contributed by atoms with Crippen LogP contribution < -0.4 is 5.32 Å². The normalized spacial score (nSPS) is 19.0. The number of hydrogen-bond acceptors (Lipinski definition) is 4. The summed E-state index contributed by atoms with van der Waals surface area (Å²) in [5.74, 6) is 0.551. The molecule has 172 valence electrons. The Hall–Kier alpha value is -1.63. The van der Waals surface area contributed by atoms with E-state index in [0.717, 1.165) is 45.6 Å². The number of piperazine rings is 1. The van der Waals surface area contributed by atoms with Gasteiger partial charge in [-0.25, -0.2) is 0 Å². The highest BCUT2D eigenvalue weighted by molar-refractivity contribution is 6.33. The second kappa shape index (κ2) is 11.8. The number of benzene rings is 1. The van der Waals surface area contributed by atoms with Crippen molar-refractivity contribution in [3.63, 3.8) is 0 Å².